The van der Waals surface area contributed by atoms with Crippen LogP contribution in [-0.2, 0) is 14.8 Å². The molecular weight excluding hydrogens is 458 g/mol. The fraction of sp³-hybridized carbons (Fsp3) is 0.350. The molecule has 9 heteroatoms. The average molecular weight is 482 g/mol. The summed E-state index contributed by atoms with van der Waals surface area (Å²) in [4.78, 5) is 14.5. The second-order valence-electron chi connectivity index (χ2n) is 6.98. The monoisotopic (exact) mass is 481 g/mol. The highest BCUT2D eigenvalue weighted by Crippen LogP contribution is 2.22. The predicted molar refractivity (Wildman–Crippen MR) is 116 cm³/mol. The fourth-order valence-electron chi connectivity index (χ4n) is 3.00. The maximum atomic E-state index is 12.7. The number of halogens is 1. The zero-order valence-corrected chi connectivity index (χ0v) is 18.8. The van der Waals surface area contributed by atoms with Crippen molar-refractivity contribution in [3.05, 3.63) is 52.5 Å². The quantitative estimate of drug-likeness (QED) is 0.685. The van der Waals surface area contributed by atoms with Gasteiger partial charge in [-0.2, -0.15) is 4.31 Å². The largest absolute Gasteiger partial charge is 0.483 e. The van der Waals surface area contributed by atoms with Gasteiger partial charge in [0, 0.05) is 36.3 Å². The minimum absolute atomic E-state index is 0.135. The molecule has 1 amide bonds. The number of carbonyl (C=O) groups excluding carboxylic acids is 1. The van der Waals surface area contributed by atoms with Gasteiger partial charge < -0.3 is 15.0 Å². The number of benzene rings is 2. The van der Waals surface area contributed by atoms with Gasteiger partial charge in [0.2, 0.25) is 10.0 Å². The van der Waals surface area contributed by atoms with Gasteiger partial charge in [0.1, 0.15) is 5.75 Å². The van der Waals surface area contributed by atoms with E-state index in [0.717, 1.165) is 10.0 Å². The second-order valence-corrected chi connectivity index (χ2v) is 9.83. The van der Waals surface area contributed by atoms with Crippen LogP contribution in [0.4, 0.5) is 5.69 Å². The summed E-state index contributed by atoms with van der Waals surface area (Å²) < 4.78 is 33.5. The van der Waals surface area contributed by atoms with Crippen LogP contribution in [0.15, 0.2) is 51.8 Å². The summed E-state index contributed by atoms with van der Waals surface area (Å²) >= 11 is 3.39. The number of ether oxygens (including phenoxy) is 1. The molecule has 156 valence electrons. The molecule has 3 rings (SSSR count). The highest BCUT2D eigenvalue weighted by atomic mass is 79.9. The van der Waals surface area contributed by atoms with Crippen molar-refractivity contribution in [2.24, 2.45) is 0 Å². The molecule has 1 saturated heterocycles. The molecule has 0 radical (unpaired) electrons. The van der Waals surface area contributed by atoms with E-state index in [-0.39, 0.29) is 17.4 Å². The van der Waals surface area contributed by atoms with Crippen molar-refractivity contribution in [2.75, 3.05) is 45.2 Å². The lowest BCUT2D eigenvalue weighted by molar-refractivity contribution is -0.118. The number of carbonyl (C=O) groups is 1. The summed E-state index contributed by atoms with van der Waals surface area (Å²) in [5.74, 6) is 0.318. The molecule has 0 unspecified atom stereocenters. The van der Waals surface area contributed by atoms with E-state index < -0.39 is 10.0 Å². The van der Waals surface area contributed by atoms with Gasteiger partial charge in [0.15, 0.2) is 6.61 Å². The standard InChI is InChI=1S/C20H24BrN3O4S/c1-15-13-16(21)3-8-19(15)28-14-20(25)22-17-4-6-18(7-5-17)29(26,27)24-11-9-23(2)10-12-24/h3-8,13H,9-12,14H2,1-2H3,(H,22,25). The SMILES string of the molecule is Cc1cc(Br)ccc1OCC(=O)Nc1ccc(S(=O)(=O)N2CCN(C)CC2)cc1. The number of nitrogens with zero attached hydrogens (tertiary/aromatic N) is 2. The van der Waals surface area contributed by atoms with Crippen LogP contribution in [0.25, 0.3) is 0 Å². The topological polar surface area (TPSA) is 78.9 Å². The molecule has 0 aromatic heterocycles. The van der Waals surface area contributed by atoms with Crippen molar-refractivity contribution in [2.45, 2.75) is 11.8 Å². The fourth-order valence-corrected chi connectivity index (χ4v) is 4.90. The first-order valence-electron chi connectivity index (χ1n) is 9.23. The lowest BCUT2D eigenvalue weighted by Crippen LogP contribution is -2.46. The Bertz CT molecular complexity index is 972. The average Bonchev–Trinajstić information content (AvgIpc) is 2.68. The van der Waals surface area contributed by atoms with Crippen molar-refractivity contribution < 1.29 is 17.9 Å². The van der Waals surface area contributed by atoms with Crippen LogP contribution in [0.3, 0.4) is 0 Å². The summed E-state index contributed by atoms with van der Waals surface area (Å²) in [6.07, 6.45) is 0. The molecule has 1 aliphatic rings. The lowest BCUT2D eigenvalue weighted by atomic mass is 10.2. The molecule has 0 atom stereocenters. The summed E-state index contributed by atoms with van der Waals surface area (Å²) in [5.41, 5.74) is 1.44. The molecule has 0 bridgehead atoms. The zero-order chi connectivity index (χ0) is 21.0. The van der Waals surface area contributed by atoms with E-state index in [0.29, 0.717) is 37.6 Å². The van der Waals surface area contributed by atoms with E-state index in [2.05, 4.69) is 26.1 Å². The van der Waals surface area contributed by atoms with Crippen LogP contribution >= 0.6 is 15.9 Å². The molecule has 1 N–H and O–H groups in total. The summed E-state index contributed by atoms with van der Waals surface area (Å²) in [6, 6.07) is 11.8. The minimum atomic E-state index is -3.52. The van der Waals surface area contributed by atoms with Gasteiger partial charge in [-0.15, -0.1) is 0 Å². The molecule has 0 spiro atoms. The van der Waals surface area contributed by atoms with Crippen molar-refractivity contribution in [3.8, 4) is 5.75 Å². The van der Waals surface area contributed by atoms with Gasteiger partial charge >= 0.3 is 0 Å². The molecule has 1 heterocycles. The number of rotatable bonds is 6. The van der Waals surface area contributed by atoms with E-state index >= 15 is 0 Å². The molecule has 7 nitrogen and oxygen atoms in total. The summed E-state index contributed by atoms with van der Waals surface area (Å²) in [5, 5.41) is 2.72. The number of likely N-dealkylation sites (N-methyl/N-ethyl adjacent to an activating group) is 1. The maximum Gasteiger partial charge on any atom is 0.262 e. The van der Waals surface area contributed by atoms with Crippen LogP contribution in [-0.4, -0.2) is 63.4 Å². The van der Waals surface area contributed by atoms with E-state index in [1.807, 2.05) is 26.1 Å². The highest BCUT2D eigenvalue weighted by Gasteiger charge is 2.27. The summed E-state index contributed by atoms with van der Waals surface area (Å²) in [7, 11) is -1.54. The van der Waals surface area contributed by atoms with E-state index in [1.54, 1.807) is 18.2 Å². The Labute approximate surface area is 179 Å². The Morgan fingerprint density at radius 2 is 1.76 bits per heavy atom. The van der Waals surface area contributed by atoms with Crippen molar-refractivity contribution in [3.63, 3.8) is 0 Å². The first kappa shape index (κ1) is 21.8. The number of hydrogen-bond acceptors (Lipinski definition) is 5. The lowest BCUT2D eigenvalue weighted by Gasteiger charge is -2.31. The number of nitrogens with one attached hydrogen (secondary N) is 1. The van der Waals surface area contributed by atoms with Gasteiger partial charge in [-0.25, -0.2) is 8.42 Å². The number of piperazine rings is 1. The van der Waals surface area contributed by atoms with E-state index in [4.69, 9.17) is 4.74 Å². The predicted octanol–water partition coefficient (Wildman–Crippen LogP) is 2.71. The first-order chi connectivity index (χ1) is 13.8. The molecule has 0 aliphatic carbocycles. The van der Waals surface area contributed by atoms with Crippen molar-refractivity contribution in [1.82, 2.24) is 9.21 Å². The van der Waals surface area contributed by atoms with Crippen LogP contribution in [0.2, 0.25) is 0 Å². The Morgan fingerprint density at radius 1 is 1.10 bits per heavy atom. The molecule has 0 saturated carbocycles. The number of hydrogen-bond donors (Lipinski definition) is 1. The number of anilines is 1. The third-order valence-corrected chi connectivity index (χ3v) is 7.14. The minimum Gasteiger partial charge on any atom is -0.483 e. The highest BCUT2D eigenvalue weighted by molar-refractivity contribution is 9.10. The van der Waals surface area contributed by atoms with Gasteiger partial charge in [-0.3, -0.25) is 4.79 Å². The van der Waals surface area contributed by atoms with Crippen LogP contribution in [0.1, 0.15) is 5.56 Å². The van der Waals surface area contributed by atoms with E-state index in [9.17, 15) is 13.2 Å². The first-order valence-corrected chi connectivity index (χ1v) is 11.5. The Morgan fingerprint density at radius 3 is 2.38 bits per heavy atom. The van der Waals surface area contributed by atoms with Gasteiger partial charge in [-0.1, -0.05) is 15.9 Å². The molecule has 2 aromatic carbocycles. The Kier molecular flexibility index (Phi) is 6.94. The zero-order valence-electron chi connectivity index (χ0n) is 16.4. The third kappa shape index (κ3) is 5.57. The molecular formula is C20H24BrN3O4S. The summed E-state index contributed by atoms with van der Waals surface area (Å²) in [6.45, 7) is 4.14. The Hall–Kier alpha value is -1.94. The Balaban J connectivity index is 1.57. The number of sulfonamides is 1. The van der Waals surface area contributed by atoms with Crippen molar-refractivity contribution >= 4 is 37.5 Å². The molecule has 29 heavy (non-hydrogen) atoms. The molecule has 1 aliphatic heterocycles. The van der Waals surface area contributed by atoms with Gasteiger partial charge in [0.05, 0.1) is 4.90 Å². The van der Waals surface area contributed by atoms with Crippen LogP contribution in [0.5, 0.6) is 5.75 Å². The van der Waals surface area contributed by atoms with Crippen LogP contribution in [0, 0.1) is 6.92 Å². The molecule has 1 fully saturated rings. The van der Waals surface area contributed by atoms with Gasteiger partial charge in [0.25, 0.3) is 5.91 Å². The number of aryl methyl sites for hydroxylation is 1. The van der Waals surface area contributed by atoms with Crippen molar-refractivity contribution in [1.29, 1.82) is 0 Å². The smallest absolute Gasteiger partial charge is 0.262 e. The normalized spacial score (nSPS) is 15.8. The second kappa shape index (κ2) is 9.25. The van der Waals surface area contributed by atoms with E-state index in [1.165, 1.54) is 16.4 Å². The third-order valence-electron chi connectivity index (χ3n) is 4.73. The van der Waals surface area contributed by atoms with Gasteiger partial charge in [-0.05, 0) is 62.0 Å². The molecule has 2 aromatic rings. The van der Waals surface area contributed by atoms with Crippen LogP contribution < -0.4 is 10.1 Å². The number of amides is 1. The maximum absolute atomic E-state index is 12.7.